The van der Waals surface area contributed by atoms with Crippen LogP contribution in [0, 0.1) is 5.92 Å². The van der Waals surface area contributed by atoms with E-state index in [1.807, 2.05) is 6.07 Å². The Hall–Kier alpha value is -1.07. The fourth-order valence-electron chi connectivity index (χ4n) is 4.19. The van der Waals surface area contributed by atoms with Crippen molar-refractivity contribution < 1.29 is 13.2 Å². The molecule has 0 spiro atoms. The van der Waals surface area contributed by atoms with Crippen molar-refractivity contribution in [3.05, 3.63) is 35.9 Å². The van der Waals surface area contributed by atoms with Gasteiger partial charge in [0.1, 0.15) is 0 Å². The zero-order valence-corrected chi connectivity index (χ0v) is 19.8. The minimum Gasteiger partial charge on any atom is -0.356 e. The number of rotatable bonds is 7. The number of hydrogen-bond acceptors (Lipinski definition) is 3. The predicted molar refractivity (Wildman–Crippen MR) is 126 cm³/mol. The monoisotopic (exact) mass is 539 g/mol. The van der Waals surface area contributed by atoms with Crippen LogP contribution in [-0.2, 0) is 6.42 Å². The van der Waals surface area contributed by atoms with Gasteiger partial charge in [0.05, 0.1) is 6.54 Å². The van der Waals surface area contributed by atoms with E-state index in [0.29, 0.717) is 31.4 Å². The summed E-state index contributed by atoms with van der Waals surface area (Å²) in [6.07, 6.45) is -1.21. The van der Waals surface area contributed by atoms with Crippen molar-refractivity contribution in [1.29, 1.82) is 0 Å². The molecule has 170 valence electrons. The predicted octanol–water partition coefficient (Wildman–Crippen LogP) is 2.97. The van der Waals surface area contributed by atoms with E-state index >= 15 is 0 Å². The van der Waals surface area contributed by atoms with Gasteiger partial charge >= 0.3 is 6.18 Å². The Kier molecular flexibility index (Phi) is 10.2. The van der Waals surface area contributed by atoms with Crippen molar-refractivity contribution in [1.82, 2.24) is 20.4 Å². The number of aliphatic imine (C=N–C) groups is 1. The van der Waals surface area contributed by atoms with Crippen LogP contribution in [0.2, 0.25) is 0 Å². The molecular weight excluding hydrogens is 506 g/mol. The lowest BCUT2D eigenvalue weighted by Crippen LogP contribution is -2.46. The second-order valence-electron chi connectivity index (χ2n) is 8.12. The van der Waals surface area contributed by atoms with Crippen LogP contribution in [0.3, 0.4) is 0 Å². The van der Waals surface area contributed by atoms with E-state index < -0.39 is 12.7 Å². The first-order chi connectivity index (χ1) is 13.9. The number of hydrogen-bond donors (Lipinski definition) is 2. The van der Waals surface area contributed by atoms with Gasteiger partial charge in [0, 0.05) is 45.8 Å². The standard InChI is InChI=1S/C21H32F3N5.HI/c1-25-20(27-19-9-12-29(15-19)16-21(22,23)24)26-13-18-8-11-28(14-18)10-7-17-5-3-2-4-6-17;/h2-6,18-19H,7-16H2,1H3,(H2,25,26,27);1H. The topological polar surface area (TPSA) is 42.9 Å². The molecule has 2 aliphatic heterocycles. The lowest BCUT2D eigenvalue weighted by molar-refractivity contribution is -0.143. The van der Waals surface area contributed by atoms with Gasteiger partial charge in [0.2, 0.25) is 0 Å². The molecule has 1 aromatic rings. The molecule has 2 saturated heterocycles. The van der Waals surface area contributed by atoms with E-state index in [2.05, 4.69) is 44.8 Å². The summed E-state index contributed by atoms with van der Waals surface area (Å²) in [5.41, 5.74) is 1.37. The van der Waals surface area contributed by atoms with Crippen molar-refractivity contribution in [3.8, 4) is 0 Å². The van der Waals surface area contributed by atoms with Crippen LogP contribution in [0.4, 0.5) is 13.2 Å². The lowest BCUT2D eigenvalue weighted by Gasteiger charge is -2.21. The molecular formula is C21H33F3IN5. The second kappa shape index (κ2) is 12.1. The maximum Gasteiger partial charge on any atom is 0.401 e. The first kappa shape index (κ1) is 25.2. The average molecular weight is 539 g/mol. The number of alkyl halides is 3. The maximum absolute atomic E-state index is 12.5. The van der Waals surface area contributed by atoms with Crippen molar-refractivity contribution >= 4 is 29.9 Å². The fourth-order valence-corrected chi connectivity index (χ4v) is 4.19. The highest BCUT2D eigenvalue weighted by Crippen LogP contribution is 2.20. The molecule has 0 saturated carbocycles. The van der Waals surface area contributed by atoms with Crippen LogP contribution in [0.15, 0.2) is 35.3 Å². The van der Waals surface area contributed by atoms with Gasteiger partial charge in [-0.3, -0.25) is 9.89 Å². The molecule has 2 aliphatic rings. The van der Waals surface area contributed by atoms with Gasteiger partial charge in [-0.05, 0) is 37.3 Å². The van der Waals surface area contributed by atoms with Gasteiger partial charge in [0.25, 0.3) is 0 Å². The summed E-state index contributed by atoms with van der Waals surface area (Å²) in [7, 11) is 1.71. The van der Waals surface area contributed by atoms with E-state index in [0.717, 1.165) is 39.0 Å². The Morgan fingerprint density at radius 3 is 2.53 bits per heavy atom. The quantitative estimate of drug-likeness (QED) is 0.318. The van der Waals surface area contributed by atoms with Gasteiger partial charge in [-0.25, -0.2) is 0 Å². The number of guanidine groups is 1. The molecule has 0 aliphatic carbocycles. The molecule has 1 aromatic carbocycles. The summed E-state index contributed by atoms with van der Waals surface area (Å²) in [6.45, 7) is 4.12. The third-order valence-corrected chi connectivity index (χ3v) is 5.73. The minimum atomic E-state index is -4.14. The molecule has 3 rings (SSSR count). The molecule has 2 unspecified atom stereocenters. The van der Waals surface area contributed by atoms with E-state index in [1.54, 1.807) is 7.05 Å². The molecule has 2 N–H and O–H groups in total. The molecule has 0 bridgehead atoms. The zero-order valence-electron chi connectivity index (χ0n) is 17.5. The zero-order chi connectivity index (χ0) is 20.7. The maximum atomic E-state index is 12.5. The van der Waals surface area contributed by atoms with Crippen LogP contribution < -0.4 is 10.6 Å². The summed E-state index contributed by atoms with van der Waals surface area (Å²) < 4.78 is 37.6. The van der Waals surface area contributed by atoms with E-state index in [4.69, 9.17) is 0 Å². The molecule has 9 heteroatoms. The Morgan fingerprint density at radius 1 is 1.10 bits per heavy atom. The van der Waals surface area contributed by atoms with E-state index in [1.165, 1.54) is 10.5 Å². The first-order valence-corrected chi connectivity index (χ1v) is 10.4. The highest BCUT2D eigenvalue weighted by Gasteiger charge is 2.34. The van der Waals surface area contributed by atoms with Gasteiger partial charge in [0.15, 0.2) is 5.96 Å². The SMILES string of the molecule is CN=C(NCC1CCN(CCc2ccccc2)C1)NC1CCN(CC(F)(F)F)C1.I. The molecule has 2 heterocycles. The van der Waals surface area contributed by atoms with Crippen molar-refractivity contribution in [2.75, 3.05) is 52.9 Å². The summed E-state index contributed by atoms with van der Waals surface area (Å²) in [5.74, 6) is 1.25. The van der Waals surface area contributed by atoms with Crippen LogP contribution in [-0.4, -0.2) is 80.8 Å². The summed E-state index contributed by atoms with van der Waals surface area (Å²) in [5, 5.41) is 6.65. The highest BCUT2D eigenvalue weighted by atomic mass is 127. The third kappa shape index (κ3) is 8.58. The Labute approximate surface area is 194 Å². The molecule has 5 nitrogen and oxygen atoms in total. The first-order valence-electron chi connectivity index (χ1n) is 10.4. The number of nitrogens with zero attached hydrogens (tertiary/aromatic N) is 3. The molecule has 2 fully saturated rings. The van der Waals surface area contributed by atoms with Gasteiger partial charge < -0.3 is 15.5 Å². The average Bonchev–Trinajstić information content (AvgIpc) is 3.32. The van der Waals surface area contributed by atoms with E-state index in [-0.39, 0.29) is 30.0 Å². The Morgan fingerprint density at radius 2 is 1.83 bits per heavy atom. The number of nitrogens with one attached hydrogen (secondary N) is 2. The van der Waals surface area contributed by atoms with Crippen LogP contribution in [0.5, 0.6) is 0 Å². The van der Waals surface area contributed by atoms with Crippen molar-refractivity contribution in [2.45, 2.75) is 31.5 Å². The lowest BCUT2D eigenvalue weighted by atomic mass is 10.1. The van der Waals surface area contributed by atoms with E-state index in [9.17, 15) is 13.2 Å². The molecule has 0 aromatic heterocycles. The minimum absolute atomic E-state index is 0. The van der Waals surface area contributed by atoms with Crippen LogP contribution in [0.1, 0.15) is 18.4 Å². The highest BCUT2D eigenvalue weighted by molar-refractivity contribution is 14.0. The van der Waals surface area contributed by atoms with Crippen LogP contribution >= 0.6 is 24.0 Å². The van der Waals surface area contributed by atoms with Crippen molar-refractivity contribution in [2.24, 2.45) is 10.9 Å². The third-order valence-electron chi connectivity index (χ3n) is 5.73. The Balaban J connectivity index is 0.00000320. The smallest absolute Gasteiger partial charge is 0.356 e. The second-order valence-corrected chi connectivity index (χ2v) is 8.12. The normalized spacial score (nSPS) is 23.4. The summed E-state index contributed by atoms with van der Waals surface area (Å²) >= 11 is 0. The molecule has 30 heavy (non-hydrogen) atoms. The fraction of sp³-hybridized carbons (Fsp3) is 0.667. The molecule has 0 radical (unpaired) electrons. The van der Waals surface area contributed by atoms with Gasteiger partial charge in [-0.15, -0.1) is 24.0 Å². The largest absolute Gasteiger partial charge is 0.401 e. The van der Waals surface area contributed by atoms with Crippen LogP contribution in [0.25, 0.3) is 0 Å². The Bertz CT molecular complexity index is 656. The van der Waals surface area contributed by atoms with Gasteiger partial charge in [-0.1, -0.05) is 30.3 Å². The number of halogens is 4. The number of likely N-dealkylation sites (tertiary alicyclic amines) is 2. The number of benzene rings is 1. The van der Waals surface area contributed by atoms with Gasteiger partial charge in [-0.2, -0.15) is 13.2 Å². The molecule has 0 amide bonds. The summed E-state index contributed by atoms with van der Waals surface area (Å²) in [4.78, 5) is 8.20. The van der Waals surface area contributed by atoms with Crippen molar-refractivity contribution in [3.63, 3.8) is 0 Å². The molecule has 2 atom stereocenters. The summed E-state index contributed by atoms with van der Waals surface area (Å²) in [6, 6.07) is 10.6.